The quantitative estimate of drug-likeness (QED) is 0.910. The van der Waals surface area contributed by atoms with Crippen LogP contribution in [0.25, 0.3) is 0 Å². The van der Waals surface area contributed by atoms with Crippen LogP contribution in [-0.2, 0) is 13.0 Å². The molecule has 3 atom stereocenters. The predicted octanol–water partition coefficient (Wildman–Crippen LogP) is 3.27. The van der Waals surface area contributed by atoms with Crippen molar-refractivity contribution >= 4 is 0 Å². The first kappa shape index (κ1) is 14.6. The number of hydrogen-bond acceptors (Lipinski definition) is 2. The Kier molecular flexibility index (Phi) is 4.34. The molecule has 3 unspecified atom stereocenters. The van der Waals surface area contributed by atoms with Gasteiger partial charge in [0.25, 0.3) is 0 Å². The number of aliphatic hydroxyl groups excluding tert-OH is 1. The van der Waals surface area contributed by atoms with E-state index in [0.717, 1.165) is 38.1 Å². The van der Waals surface area contributed by atoms with Crippen molar-refractivity contribution in [3.05, 3.63) is 18.0 Å². The lowest BCUT2D eigenvalue weighted by molar-refractivity contribution is 0.0196. The zero-order chi connectivity index (χ0) is 14.0. The molecule has 0 aromatic carbocycles. The normalized spacial score (nSPS) is 28.6. The first-order valence-electron chi connectivity index (χ1n) is 7.59. The van der Waals surface area contributed by atoms with E-state index in [1.54, 1.807) is 0 Å². The van der Waals surface area contributed by atoms with Gasteiger partial charge in [0.1, 0.15) is 0 Å². The molecule has 0 amide bonds. The van der Waals surface area contributed by atoms with Crippen LogP contribution < -0.4 is 0 Å². The summed E-state index contributed by atoms with van der Waals surface area (Å²) in [6, 6.07) is 0. The van der Waals surface area contributed by atoms with Gasteiger partial charge in [0, 0.05) is 12.7 Å². The Labute approximate surface area is 117 Å². The summed E-state index contributed by atoms with van der Waals surface area (Å²) in [4.78, 5) is 0. The van der Waals surface area contributed by atoms with Crippen LogP contribution >= 0.6 is 0 Å². The smallest absolute Gasteiger partial charge is 0.0571 e. The molecule has 0 aliphatic heterocycles. The van der Waals surface area contributed by atoms with E-state index in [4.69, 9.17) is 0 Å². The highest BCUT2D eigenvalue weighted by atomic mass is 16.3. The van der Waals surface area contributed by atoms with Crippen LogP contribution in [0.3, 0.4) is 0 Å². The number of rotatable bonds is 3. The SMILES string of the molecule is CCn1cc(CC2CC(C(C)(C)C)CCC2O)cn1. The Morgan fingerprint density at radius 2 is 2.11 bits per heavy atom. The molecular formula is C16H28N2O. The number of hydrogen-bond donors (Lipinski definition) is 1. The maximum atomic E-state index is 10.3. The van der Waals surface area contributed by atoms with Crippen molar-refractivity contribution in [2.45, 2.75) is 66.0 Å². The minimum Gasteiger partial charge on any atom is -0.393 e. The van der Waals surface area contributed by atoms with E-state index in [9.17, 15) is 5.11 Å². The molecule has 3 nitrogen and oxygen atoms in total. The van der Waals surface area contributed by atoms with Crippen LogP contribution in [0.1, 0.15) is 52.5 Å². The summed E-state index contributed by atoms with van der Waals surface area (Å²) in [5, 5.41) is 14.6. The van der Waals surface area contributed by atoms with Gasteiger partial charge in [0.05, 0.1) is 12.3 Å². The number of aliphatic hydroxyl groups is 1. The third-order valence-electron chi connectivity index (χ3n) is 4.68. The van der Waals surface area contributed by atoms with Gasteiger partial charge in [-0.25, -0.2) is 0 Å². The minimum atomic E-state index is -0.136. The van der Waals surface area contributed by atoms with Crippen molar-refractivity contribution in [2.24, 2.45) is 17.3 Å². The van der Waals surface area contributed by atoms with E-state index in [-0.39, 0.29) is 6.10 Å². The first-order valence-corrected chi connectivity index (χ1v) is 7.59. The Balaban J connectivity index is 2.01. The minimum absolute atomic E-state index is 0.136. The van der Waals surface area contributed by atoms with Crippen molar-refractivity contribution in [3.63, 3.8) is 0 Å². The van der Waals surface area contributed by atoms with Gasteiger partial charge in [-0.05, 0) is 55.4 Å². The summed E-state index contributed by atoms with van der Waals surface area (Å²) in [6.45, 7) is 9.98. The maximum Gasteiger partial charge on any atom is 0.0571 e. The lowest BCUT2D eigenvalue weighted by atomic mass is 9.67. The predicted molar refractivity (Wildman–Crippen MR) is 77.9 cm³/mol. The number of aryl methyl sites for hydroxylation is 1. The highest BCUT2D eigenvalue weighted by molar-refractivity contribution is 5.06. The van der Waals surface area contributed by atoms with Crippen molar-refractivity contribution in [1.29, 1.82) is 0 Å². The second-order valence-corrected chi connectivity index (χ2v) is 7.11. The molecule has 0 radical (unpaired) electrons. The summed E-state index contributed by atoms with van der Waals surface area (Å²) in [6.07, 6.45) is 8.16. The fourth-order valence-corrected chi connectivity index (χ4v) is 3.24. The molecule has 1 heterocycles. The zero-order valence-electron chi connectivity index (χ0n) is 12.8. The van der Waals surface area contributed by atoms with Crippen LogP contribution in [0.2, 0.25) is 0 Å². The van der Waals surface area contributed by atoms with Crippen molar-refractivity contribution in [3.8, 4) is 0 Å². The molecule has 3 heteroatoms. The molecule has 1 aliphatic rings. The molecule has 108 valence electrons. The first-order chi connectivity index (χ1) is 8.90. The fraction of sp³-hybridized carbons (Fsp3) is 0.812. The van der Waals surface area contributed by atoms with E-state index in [0.29, 0.717) is 11.3 Å². The summed E-state index contributed by atoms with van der Waals surface area (Å²) in [5.41, 5.74) is 1.62. The molecule has 2 rings (SSSR count). The highest BCUT2D eigenvalue weighted by Crippen LogP contribution is 2.41. The fourth-order valence-electron chi connectivity index (χ4n) is 3.24. The average Bonchev–Trinajstić information content (AvgIpc) is 2.78. The molecule has 1 aromatic rings. The molecule has 1 aliphatic carbocycles. The molecule has 1 saturated carbocycles. The van der Waals surface area contributed by atoms with Gasteiger partial charge in [-0.15, -0.1) is 0 Å². The lowest BCUT2D eigenvalue weighted by Gasteiger charge is -2.40. The number of aromatic nitrogens is 2. The van der Waals surface area contributed by atoms with Crippen LogP contribution in [0.5, 0.6) is 0 Å². The van der Waals surface area contributed by atoms with Gasteiger partial charge in [0.15, 0.2) is 0 Å². The molecule has 0 bridgehead atoms. The summed E-state index contributed by atoms with van der Waals surface area (Å²) >= 11 is 0. The number of nitrogens with zero attached hydrogens (tertiary/aromatic N) is 2. The third kappa shape index (κ3) is 3.59. The Morgan fingerprint density at radius 3 is 2.68 bits per heavy atom. The lowest BCUT2D eigenvalue weighted by Crippen LogP contribution is -2.35. The second-order valence-electron chi connectivity index (χ2n) is 7.11. The monoisotopic (exact) mass is 264 g/mol. The van der Waals surface area contributed by atoms with Crippen LogP contribution in [0, 0.1) is 17.3 Å². The van der Waals surface area contributed by atoms with Crippen molar-refractivity contribution in [2.75, 3.05) is 0 Å². The van der Waals surface area contributed by atoms with Crippen LogP contribution in [0.4, 0.5) is 0 Å². The van der Waals surface area contributed by atoms with E-state index < -0.39 is 0 Å². The van der Waals surface area contributed by atoms with Crippen molar-refractivity contribution < 1.29 is 5.11 Å². The van der Waals surface area contributed by atoms with Gasteiger partial charge < -0.3 is 5.11 Å². The third-order valence-corrected chi connectivity index (χ3v) is 4.68. The standard InChI is InChI=1S/C16H28N2O/c1-5-18-11-12(10-17-18)8-13-9-14(16(2,3)4)6-7-15(13)19/h10-11,13-15,19H,5-9H2,1-4H3. The maximum absolute atomic E-state index is 10.3. The highest BCUT2D eigenvalue weighted by Gasteiger charge is 2.35. The molecule has 19 heavy (non-hydrogen) atoms. The Bertz CT molecular complexity index is 405. The molecule has 1 aromatic heterocycles. The summed E-state index contributed by atoms with van der Waals surface area (Å²) < 4.78 is 1.96. The summed E-state index contributed by atoms with van der Waals surface area (Å²) in [5.74, 6) is 1.12. The van der Waals surface area contributed by atoms with Crippen molar-refractivity contribution in [1.82, 2.24) is 9.78 Å². The Morgan fingerprint density at radius 1 is 1.37 bits per heavy atom. The van der Waals surface area contributed by atoms with Gasteiger partial charge in [0.2, 0.25) is 0 Å². The van der Waals surface area contributed by atoms with Crippen LogP contribution in [-0.4, -0.2) is 21.0 Å². The largest absolute Gasteiger partial charge is 0.393 e. The summed E-state index contributed by atoms with van der Waals surface area (Å²) in [7, 11) is 0. The van der Waals surface area contributed by atoms with E-state index >= 15 is 0 Å². The Hall–Kier alpha value is -0.830. The zero-order valence-corrected chi connectivity index (χ0v) is 12.8. The molecule has 0 saturated heterocycles. The molecule has 0 spiro atoms. The molecule has 1 N–H and O–H groups in total. The van der Waals surface area contributed by atoms with Gasteiger partial charge in [-0.1, -0.05) is 20.8 Å². The van der Waals surface area contributed by atoms with Gasteiger partial charge >= 0.3 is 0 Å². The second kappa shape index (κ2) is 5.66. The average molecular weight is 264 g/mol. The van der Waals surface area contributed by atoms with Crippen LogP contribution in [0.15, 0.2) is 12.4 Å². The van der Waals surface area contributed by atoms with E-state index in [2.05, 4.69) is 39.0 Å². The van der Waals surface area contributed by atoms with Gasteiger partial charge in [-0.3, -0.25) is 4.68 Å². The van der Waals surface area contributed by atoms with Gasteiger partial charge in [-0.2, -0.15) is 5.10 Å². The van der Waals surface area contributed by atoms with E-state index in [1.807, 2.05) is 10.9 Å². The topological polar surface area (TPSA) is 38.0 Å². The molecular weight excluding hydrogens is 236 g/mol. The van der Waals surface area contributed by atoms with E-state index in [1.165, 1.54) is 5.56 Å². The molecule has 1 fully saturated rings.